The normalized spacial score (nSPS) is 10.9. The van der Waals surface area contributed by atoms with Gasteiger partial charge in [-0.05, 0) is 35.4 Å². The molecule has 6 nitrogen and oxygen atoms in total. The summed E-state index contributed by atoms with van der Waals surface area (Å²) in [5.41, 5.74) is 16.0. The van der Waals surface area contributed by atoms with Gasteiger partial charge in [0.2, 0.25) is 0 Å². The van der Waals surface area contributed by atoms with Crippen LogP contribution in [-0.4, -0.2) is 30.0 Å². The molecule has 0 N–H and O–H groups in total. The summed E-state index contributed by atoms with van der Waals surface area (Å²) >= 11 is 12.0. The van der Waals surface area contributed by atoms with Gasteiger partial charge in [0.25, 0.3) is 0 Å². The minimum atomic E-state index is 0. The molecule has 0 spiro atoms. The van der Waals surface area contributed by atoms with Crippen molar-refractivity contribution >= 4 is 68.0 Å². The van der Waals surface area contributed by atoms with Crippen molar-refractivity contribution in [1.29, 1.82) is 0 Å². The van der Waals surface area contributed by atoms with Crippen LogP contribution in [0.3, 0.4) is 0 Å². The molecule has 51 heavy (non-hydrogen) atoms. The van der Waals surface area contributed by atoms with Crippen LogP contribution in [0.5, 0.6) is 0 Å². The third-order valence-electron chi connectivity index (χ3n) is 6.80. The molecule has 0 saturated carbocycles. The fraction of sp³-hybridized carbons (Fsp3) is 0.0500. The largest absolute Gasteiger partial charge is 0.519 e. The minimum absolute atomic E-state index is 0. The molecule has 0 bridgehead atoms. The van der Waals surface area contributed by atoms with E-state index >= 15 is 0 Å². The van der Waals surface area contributed by atoms with E-state index in [2.05, 4.69) is 79.7 Å². The van der Waals surface area contributed by atoms with Gasteiger partial charge in [-0.3, -0.25) is 9.97 Å². The van der Waals surface area contributed by atoms with Gasteiger partial charge in [0.1, 0.15) is 0 Å². The summed E-state index contributed by atoms with van der Waals surface area (Å²) in [6.45, 7) is 0. The average molecular weight is 792 g/mol. The molecule has 250 valence electrons. The summed E-state index contributed by atoms with van der Waals surface area (Å²) in [5.74, 6) is 1.62. The Labute approximate surface area is 331 Å². The van der Waals surface area contributed by atoms with Crippen LogP contribution in [0.25, 0.3) is 10.9 Å². The summed E-state index contributed by atoms with van der Waals surface area (Å²) in [6, 6.07) is 51.8. The van der Waals surface area contributed by atoms with Crippen molar-refractivity contribution in [3.63, 3.8) is 0 Å². The van der Waals surface area contributed by atoms with E-state index in [9.17, 15) is 0 Å². The maximum absolute atomic E-state index is 4.45. The fourth-order valence-electron chi connectivity index (χ4n) is 4.40. The molecule has 4 aromatic carbocycles. The monoisotopic (exact) mass is 790 g/mol. The minimum Gasteiger partial charge on any atom is -0.519 e. The van der Waals surface area contributed by atoms with Crippen molar-refractivity contribution in [3.8, 4) is 0 Å². The molecule has 0 amide bonds. The molecule has 0 fully saturated rings. The van der Waals surface area contributed by atoms with E-state index < -0.39 is 0 Å². The molecule has 0 atom stereocenters. The number of nitrogens with zero attached hydrogens (tertiary/aromatic N) is 6. The van der Waals surface area contributed by atoms with Gasteiger partial charge in [-0.15, -0.1) is 0 Å². The van der Waals surface area contributed by atoms with Crippen LogP contribution in [0.2, 0.25) is 0 Å². The Kier molecular flexibility index (Phi) is 17.3. The number of hydrogen-bond donors (Lipinski definition) is 0. The third kappa shape index (κ3) is 13.7. The Hall–Kier alpha value is -4.38. The molecule has 0 aliphatic carbocycles. The van der Waals surface area contributed by atoms with Crippen molar-refractivity contribution < 1.29 is 19.5 Å². The predicted octanol–water partition coefficient (Wildman–Crippen LogP) is 9.01. The van der Waals surface area contributed by atoms with Crippen LogP contribution in [0.15, 0.2) is 180 Å². The van der Waals surface area contributed by atoms with E-state index in [1.165, 1.54) is 11.1 Å². The number of thiol groups is 2. The van der Waals surface area contributed by atoms with Crippen LogP contribution < -0.4 is 0 Å². The topological polar surface area (TPSA) is 78.7 Å². The van der Waals surface area contributed by atoms with Gasteiger partial charge in [0, 0.05) is 54.5 Å². The summed E-state index contributed by atoms with van der Waals surface area (Å²) in [4.78, 5) is 8.79. The number of aromatic nitrogens is 2. The number of rotatable bonds is 10. The zero-order valence-electron chi connectivity index (χ0n) is 27.7. The van der Waals surface area contributed by atoms with Crippen LogP contribution in [0.1, 0.15) is 33.6 Å². The van der Waals surface area contributed by atoms with E-state index in [-0.39, 0.29) is 19.5 Å². The zero-order valence-corrected chi connectivity index (χ0v) is 34.1. The van der Waals surface area contributed by atoms with E-state index in [1.54, 1.807) is 35.9 Å². The van der Waals surface area contributed by atoms with Crippen LogP contribution in [0.4, 0.5) is 0 Å². The Balaban J connectivity index is 0.000000224. The average Bonchev–Trinajstić information content (AvgIpc) is 3.19. The molecule has 0 unspecified atom stereocenters. The summed E-state index contributed by atoms with van der Waals surface area (Å²) in [6.07, 6.45) is 3.51. The molecule has 2 heterocycles. The number of benzene rings is 4. The van der Waals surface area contributed by atoms with Gasteiger partial charge in [-0.1, -0.05) is 157 Å². The molecule has 11 heteroatoms. The summed E-state index contributed by atoms with van der Waals surface area (Å²) < 4.78 is 1.24. The standard InChI is InChI=1S/2C20H17N3S2.Zn/c2*24-20(25-15-16-9-3-1-4-10-16)23-22-19(17-11-5-2-6-12-17)18-13-7-8-14-21-18;/h2*1-14H,15H2,(H,21,23,24);. The van der Waals surface area contributed by atoms with Crippen molar-refractivity contribution in [1.82, 2.24) is 9.97 Å². The molecular weight excluding hydrogens is 758 g/mol. The first kappa shape index (κ1) is 39.4. The van der Waals surface area contributed by atoms with Gasteiger partial charge in [-0.25, -0.2) is 0 Å². The second-order valence-corrected chi connectivity index (χ2v) is 13.8. The Morgan fingerprint density at radius 2 is 0.804 bits per heavy atom. The van der Waals surface area contributed by atoms with Gasteiger partial charge >= 0.3 is 0 Å². The molecule has 0 saturated heterocycles. The Morgan fingerprint density at radius 3 is 1.14 bits per heavy atom. The quantitative estimate of drug-likeness (QED) is 0.0347. The maximum atomic E-state index is 4.45. The zero-order chi connectivity index (χ0) is 34.6. The first-order valence-corrected chi connectivity index (χ1v) is 18.5. The van der Waals surface area contributed by atoms with E-state index in [0.29, 0.717) is 8.64 Å². The van der Waals surface area contributed by atoms with Crippen LogP contribution in [-0.2, 0) is 55.4 Å². The van der Waals surface area contributed by atoms with Gasteiger partial charge in [-0.2, -0.15) is 0 Å². The van der Waals surface area contributed by atoms with Crippen LogP contribution >= 0.6 is 23.5 Å². The number of pyridine rings is 2. The van der Waals surface area contributed by atoms with Gasteiger partial charge in [0.15, 0.2) is 33.1 Å². The predicted molar refractivity (Wildman–Crippen MR) is 222 cm³/mol. The van der Waals surface area contributed by atoms with E-state index in [1.807, 2.05) is 133 Å². The van der Waals surface area contributed by atoms with Crippen molar-refractivity contribution in [2.45, 2.75) is 11.5 Å². The van der Waals surface area contributed by atoms with E-state index in [0.717, 1.165) is 45.4 Å². The number of hydrogen-bond acceptors (Lipinski definition) is 6. The summed E-state index contributed by atoms with van der Waals surface area (Å²) in [7, 11) is 0. The molecule has 6 rings (SSSR count). The maximum Gasteiger partial charge on any atom is 0.175 e. The Bertz CT molecular complexity index is 1740. The molecule has 6 aromatic rings. The fourth-order valence-corrected chi connectivity index (χ4v) is 6.05. The molecule has 0 aliphatic heterocycles. The van der Waals surface area contributed by atoms with Crippen molar-refractivity contribution in [2.75, 3.05) is 0 Å². The van der Waals surface area contributed by atoms with Crippen LogP contribution in [0, 0.1) is 0 Å². The molecule has 0 aliphatic rings. The van der Waals surface area contributed by atoms with E-state index in [4.69, 9.17) is 0 Å². The molecular formula is C40H34N6S4Zn. The van der Waals surface area contributed by atoms with Crippen molar-refractivity contribution in [2.24, 2.45) is 10.2 Å². The Morgan fingerprint density at radius 1 is 0.471 bits per heavy atom. The molecule has 2 aromatic heterocycles. The van der Waals surface area contributed by atoms with Gasteiger partial charge < -0.3 is 21.1 Å². The molecule has 0 radical (unpaired) electrons. The second kappa shape index (κ2) is 22.4. The smallest absolute Gasteiger partial charge is 0.175 e. The summed E-state index contributed by atoms with van der Waals surface area (Å²) in [5, 5.41) is 8.84. The number of thioether (sulfide) groups is 2. The SMILES string of the molecule is [SH+]=C([N-]N=C(c1ccccc1)c1ccccn1)SCc1ccccc1.[SH+]=C([N-]N=C(c1ccccc1)c1ccccn1)SCc1ccccc1.[Zn]. The first-order valence-electron chi connectivity index (χ1n) is 15.6. The third-order valence-corrected chi connectivity index (χ3v) is 9.39. The second-order valence-electron chi connectivity index (χ2n) is 10.4. The van der Waals surface area contributed by atoms with Gasteiger partial charge in [0.05, 0.1) is 22.8 Å². The first-order chi connectivity index (χ1) is 24.7. The van der Waals surface area contributed by atoms with Crippen molar-refractivity contribution in [3.05, 3.63) is 215 Å².